The Hall–Kier alpha value is -2.85. The Balaban J connectivity index is 1.29. The van der Waals surface area contributed by atoms with E-state index in [4.69, 9.17) is 11.6 Å². The summed E-state index contributed by atoms with van der Waals surface area (Å²) in [6, 6.07) is 5.72. The summed E-state index contributed by atoms with van der Waals surface area (Å²) < 4.78 is 42.2. The molecule has 186 valence electrons. The van der Waals surface area contributed by atoms with Crippen molar-refractivity contribution in [1.82, 2.24) is 25.4 Å². The summed E-state index contributed by atoms with van der Waals surface area (Å²) in [6.45, 7) is 1.77. The standard InChI is InChI=1S/C24H26ClF3N6O/c25-15-4-5-20-19(8-15)21(10-22(33-20)24(26,27)28)31-16-2-1-3-17(9-16)32-23(35)14-11-30-34(13-14)18-6-7-29-12-18/h4-5,8,10-11,13,16-18,29H,1-3,6-7,9,12H2,(H,31,33)(H,32,35)/t16-,17+,18-/m0/s1. The van der Waals surface area contributed by atoms with E-state index in [1.165, 1.54) is 12.1 Å². The molecule has 1 aliphatic heterocycles. The van der Waals surface area contributed by atoms with Crippen LogP contribution >= 0.6 is 11.6 Å². The molecular weight excluding hydrogens is 481 g/mol. The number of alkyl halides is 3. The summed E-state index contributed by atoms with van der Waals surface area (Å²) in [6.07, 6.45) is 2.79. The van der Waals surface area contributed by atoms with E-state index in [9.17, 15) is 18.0 Å². The first-order valence-electron chi connectivity index (χ1n) is 11.8. The van der Waals surface area contributed by atoms with Crippen molar-refractivity contribution < 1.29 is 18.0 Å². The third-order valence-corrected chi connectivity index (χ3v) is 6.94. The van der Waals surface area contributed by atoms with Crippen molar-refractivity contribution in [3.05, 3.63) is 52.9 Å². The number of carbonyl (C=O) groups excluding carboxylic acids is 1. The fourth-order valence-electron chi connectivity index (χ4n) is 4.92. The summed E-state index contributed by atoms with van der Waals surface area (Å²) in [4.78, 5) is 16.6. The highest BCUT2D eigenvalue weighted by Crippen LogP contribution is 2.35. The Morgan fingerprint density at radius 3 is 2.77 bits per heavy atom. The molecule has 3 aromatic rings. The lowest BCUT2D eigenvalue weighted by atomic mass is 9.90. The first-order chi connectivity index (χ1) is 16.8. The molecule has 1 saturated carbocycles. The minimum Gasteiger partial charge on any atom is -0.382 e. The third kappa shape index (κ3) is 5.38. The van der Waals surface area contributed by atoms with Gasteiger partial charge in [-0.2, -0.15) is 18.3 Å². The Morgan fingerprint density at radius 1 is 1.17 bits per heavy atom. The highest BCUT2D eigenvalue weighted by Gasteiger charge is 2.34. The van der Waals surface area contributed by atoms with Gasteiger partial charge in [0.1, 0.15) is 5.69 Å². The van der Waals surface area contributed by atoms with Gasteiger partial charge in [-0.3, -0.25) is 9.48 Å². The number of amides is 1. The topological polar surface area (TPSA) is 83.9 Å². The van der Waals surface area contributed by atoms with Crippen molar-refractivity contribution in [3.8, 4) is 0 Å². The number of benzene rings is 1. The van der Waals surface area contributed by atoms with Crippen LogP contribution < -0.4 is 16.0 Å². The van der Waals surface area contributed by atoms with Crippen LogP contribution in [0.3, 0.4) is 0 Å². The van der Waals surface area contributed by atoms with Crippen LogP contribution in [0.1, 0.15) is 54.2 Å². The summed E-state index contributed by atoms with van der Waals surface area (Å²) in [5, 5.41) is 14.9. The number of carbonyl (C=O) groups is 1. The lowest BCUT2D eigenvalue weighted by Crippen LogP contribution is -2.41. The fourth-order valence-corrected chi connectivity index (χ4v) is 5.10. The maximum atomic E-state index is 13.4. The zero-order valence-corrected chi connectivity index (χ0v) is 19.7. The Labute approximate surface area is 205 Å². The van der Waals surface area contributed by atoms with E-state index in [1.54, 1.807) is 18.5 Å². The van der Waals surface area contributed by atoms with Crippen LogP contribution in [0.25, 0.3) is 10.9 Å². The molecule has 1 saturated heterocycles. The van der Waals surface area contributed by atoms with E-state index < -0.39 is 11.9 Å². The van der Waals surface area contributed by atoms with Gasteiger partial charge >= 0.3 is 6.18 Å². The number of rotatable bonds is 5. The lowest BCUT2D eigenvalue weighted by Gasteiger charge is -2.31. The zero-order valence-electron chi connectivity index (χ0n) is 18.9. The lowest BCUT2D eigenvalue weighted by molar-refractivity contribution is -0.140. The van der Waals surface area contributed by atoms with Gasteiger partial charge < -0.3 is 16.0 Å². The van der Waals surface area contributed by atoms with Crippen molar-refractivity contribution >= 4 is 34.1 Å². The van der Waals surface area contributed by atoms with Crippen LogP contribution in [0.5, 0.6) is 0 Å². The van der Waals surface area contributed by atoms with Crippen LogP contribution in [-0.4, -0.2) is 45.8 Å². The predicted molar refractivity (Wildman–Crippen MR) is 128 cm³/mol. The molecule has 1 aliphatic carbocycles. The van der Waals surface area contributed by atoms with Gasteiger partial charge in [-0.15, -0.1) is 0 Å². The monoisotopic (exact) mass is 506 g/mol. The Bertz CT molecular complexity index is 1220. The SMILES string of the molecule is O=C(N[C@@H]1CCC[C@H](Nc2cc(C(F)(F)F)nc3ccc(Cl)cc23)C1)c1cnn([C@H]2CCNC2)c1. The molecule has 1 amide bonds. The van der Waals surface area contributed by atoms with E-state index in [1.807, 2.05) is 4.68 Å². The molecule has 3 heterocycles. The summed E-state index contributed by atoms with van der Waals surface area (Å²) in [5.41, 5.74) is 0.122. The van der Waals surface area contributed by atoms with Gasteiger partial charge in [-0.25, -0.2) is 4.98 Å². The quantitative estimate of drug-likeness (QED) is 0.463. The van der Waals surface area contributed by atoms with Crippen LogP contribution in [0.4, 0.5) is 18.9 Å². The highest BCUT2D eigenvalue weighted by molar-refractivity contribution is 6.31. The second-order valence-corrected chi connectivity index (χ2v) is 9.68. The van der Waals surface area contributed by atoms with E-state index in [2.05, 4.69) is 26.0 Å². The van der Waals surface area contributed by atoms with Gasteiger partial charge in [-0.05, 0) is 62.9 Å². The smallest absolute Gasteiger partial charge is 0.382 e. The molecule has 0 bridgehead atoms. The van der Waals surface area contributed by atoms with Gasteiger partial charge in [0.05, 0.1) is 23.3 Å². The number of nitrogens with one attached hydrogen (secondary N) is 3. The molecule has 5 rings (SSSR count). The van der Waals surface area contributed by atoms with Crippen molar-refractivity contribution in [2.75, 3.05) is 18.4 Å². The van der Waals surface area contributed by atoms with Crippen molar-refractivity contribution in [1.29, 1.82) is 0 Å². The minimum absolute atomic E-state index is 0.0935. The molecule has 11 heteroatoms. The van der Waals surface area contributed by atoms with E-state index in [0.717, 1.165) is 44.8 Å². The molecule has 2 aliphatic rings. The number of aromatic nitrogens is 3. The Morgan fingerprint density at radius 2 is 2.00 bits per heavy atom. The highest BCUT2D eigenvalue weighted by atomic mass is 35.5. The second-order valence-electron chi connectivity index (χ2n) is 9.25. The first kappa shape index (κ1) is 23.9. The summed E-state index contributed by atoms with van der Waals surface area (Å²) in [7, 11) is 0. The molecule has 0 spiro atoms. The number of anilines is 1. The van der Waals surface area contributed by atoms with Crippen molar-refractivity contribution in [3.63, 3.8) is 0 Å². The molecule has 7 nitrogen and oxygen atoms in total. The van der Waals surface area contributed by atoms with Crippen LogP contribution in [0.2, 0.25) is 5.02 Å². The molecule has 0 unspecified atom stereocenters. The van der Waals surface area contributed by atoms with Gasteiger partial charge in [0, 0.05) is 40.9 Å². The van der Waals surface area contributed by atoms with Crippen LogP contribution in [0, 0.1) is 0 Å². The maximum Gasteiger partial charge on any atom is 0.433 e. The summed E-state index contributed by atoms with van der Waals surface area (Å²) >= 11 is 6.11. The molecule has 0 radical (unpaired) electrons. The molecule has 1 aromatic carbocycles. The maximum absolute atomic E-state index is 13.4. The average Bonchev–Trinajstić information content (AvgIpc) is 3.51. The normalized spacial score (nSPS) is 22.9. The van der Waals surface area contributed by atoms with E-state index in [-0.39, 0.29) is 29.5 Å². The van der Waals surface area contributed by atoms with Crippen molar-refractivity contribution in [2.24, 2.45) is 0 Å². The molecule has 3 N–H and O–H groups in total. The number of fused-ring (bicyclic) bond motifs is 1. The second kappa shape index (κ2) is 9.66. The van der Waals surface area contributed by atoms with Gasteiger partial charge in [0.25, 0.3) is 5.91 Å². The molecule has 2 aromatic heterocycles. The number of hydrogen-bond acceptors (Lipinski definition) is 5. The molecule has 35 heavy (non-hydrogen) atoms. The van der Waals surface area contributed by atoms with E-state index >= 15 is 0 Å². The average molecular weight is 507 g/mol. The van der Waals surface area contributed by atoms with Gasteiger partial charge in [0.15, 0.2) is 0 Å². The van der Waals surface area contributed by atoms with Gasteiger partial charge in [0.2, 0.25) is 0 Å². The zero-order chi connectivity index (χ0) is 24.6. The summed E-state index contributed by atoms with van der Waals surface area (Å²) in [5.74, 6) is -0.187. The first-order valence-corrected chi connectivity index (χ1v) is 12.1. The third-order valence-electron chi connectivity index (χ3n) is 6.70. The minimum atomic E-state index is -4.56. The van der Waals surface area contributed by atoms with Crippen LogP contribution in [-0.2, 0) is 6.18 Å². The number of nitrogens with zero attached hydrogens (tertiary/aromatic N) is 3. The largest absolute Gasteiger partial charge is 0.433 e. The van der Waals surface area contributed by atoms with Crippen molar-refractivity contribution in [2.45, 2.75) is 56.4 Å². The Kier molecular flexibility index (Phi) is 6.59. The van der Waals surface area contributed by atoms with Crippen LogP contribution in [0.15, 0.2) is 36.7 Å². The predicted octanol–water partition coefficient (Wildman–Crippen LogP) is 4.79. The molecule has 3 atom stereocenters. The van der Waals surface area contributed by atoms with E-state index in [0.29, 0.717) is 28.1 Å². The number of hydrogen-bond donors (Lipinski definition) is 3. The molecular formula is C24H26ClF3N6O. The number of halogens is 4. The molecule has 2 fully saturated rings. The number of pyridine rings is 1. The van der Waals surface area contributed by atoms with Gasteiger partial charge in [-0.1, -0.05) is 11.6 Å². The fraction of sp³-hybridized carbons (Fsp3) is 0.458.